The Balaban J connectivity index is 2.72. The van der Waals surface area contributed by atoms with Crippen LogP contribution in [0.25, 0.3) is 10.8 Å². The summed E-state index contributed by atoms with van der Waals surface area (Å²) >= 11 is 0. The highest BCUT2D eigenvalue weighted by Crippen LogP contribution is 2.40. The molecule has 3 nitrogen and oxygen atoms in total. The fourth-order valence-corrected chi connectivity index (χ4v) is 1.86. The van der Waals surface area contributed by atoms with Gasteiger partial charge in [0.2, 0.25) is 0 Å². The summed E-state index contributed by atoms with van der Waals surface area (Å²) in [7, 11) is 1.19. The normalized spacial score (nSPS) is 11.6. The maximum atomic E-state index is 12.9. The minimum atomic E-state index is -4.67. The van der Waals surface area contributed by atoms with Gasteiger partial charge >= 0.3 is 12.1 Å². The molecule has 0 saturated heterocycles. The minimum Gasteiger partial charge on any atom is -0.507 e. The number of esters is 1. The summed E-state index contributed by atoms with van der Waals surface area (Å²) in [5.74, 6) is -1.48. The summed E-state index contributed by atoms with van der Waals surface area (Å²) in [4.78, 5) is 11.3. The van der Waals surface area contributed by atoms with Crippen LogP contribution in [0.3, 0.4) is 0 Å². The van der Waals surface area contributed by atoms with Gasteiger partial charge in [-0.2, -0.15) is 13.2 Å². The molecule has 1 N–H and O–H groups in total. The van der Waals surface area contributed by atoms with Crippen molar-refractivity contribution in [2.45, 2.75) is 6.18 Å². The van der Waals surface area contributed by atoms with Crippen LogP contribution >= 0.6 is 0 Å². The first kappa shape index (κ1) is 13.2. The number of methoxy groups -OCH3 is 1. The Morgan fingerprint density at radius 3 is 2.47 bits per heavy atom. The van der Waals surface area contributed by atoms with Crippen LogP contribution < -0.4 is 0 Å². The molecule has 0 aliphatic carbocycles. The monoisotopic (exact) mass is 270 g/mol. The van der Waals surface area contributed by atoms with E-state index in [-0.39, 0.29) is 16.3 Å². The molecule has 100 valence electrons. The summed E-state index contributed by atoms with van der Waals surface area (Å²) in [6.45, 7) is 0. The zero-order valence-corrected chi connectivity index (χ0v) is 9.78. The summed E-state index contributed by atoms with van der Waals surface area (Å²) in [6, 6.07) is 5.92. The number of aromatic hydroxyl groups is 1. The Bertz CT molecular complexity index is 647. The molecule has 0 aliphatic rings. The van der Waals surface area contributed by atoms with Crippen LogP contribution in [0.2, 0.25) is 0 Å². The molecule has 0 bridgehead atoms. The van der Waals surface area contributed by atoms with Gasteiger partial charge in [0.25, 0.3) is 0 Å². The Morgan fingerprint density at radius 2 is 1.89 bits per heavy atom. The third-order valence-electron chi connectivity index (χ3n) is 2.70. The third-order valence-corrected chi connectivity index (χ3v) is 2.70. The highest BCUT2D eigenvalue weighted by molar-refractivity contribution is 5.97. The van der Waals surface area contributed by atoms with Crippen molar-refractivity contribution in [1.29, 1.82) is 0 Å². The van der Waals surface area contributed by atoms with Gasteiger partial charge in [-0.25, -0.2) is 4.79 Å². The molecule has 2 rings (SSSR count). The lowest BCUT2D eigenvalue weighted by atomic mass is 10.0. The number of phenolic OH excluding ortho intramolecular Hbond substituents is 1. The van der Waals surface area contributed by atoms with Crippen molar-refractivity contribution in [3.8, 4) is 5.75 Å². The molecule has 6 heteroatoms. The molecule has 0 aromatic heterocycles. The van der Waals surface area contributed by atoms with Gasteiger partial charge in [0.15, 0.2) is 0 Å². The van der Waals surface area contributed by atoms with Crippen LogP contribution in [0.1, 0.15) is 15.9 Å². The molecule has 2 aromatic rings. The first-order chi connectivity index (χ1) is 8.84. The number of phenols is 1. The molecule has 0 aliphatic heterocycles. The Morgan fingerprint density at radius 1 is 1.21 bits per heavy atom. The number of carbonyl (C=O) groups excluding carboxylic acids is 1. The van der Waals surface area contributed by atoms with Gasteiger partial charge in [-0.05, 0) is 29.0 Å². The van der Waals surface area contributed by atoms with Gasteiger partial charge in [0, 0.05) is 0 Å². The van der Waals surface area contributed by atoms with Crippen molar-refractivity contribution >= 4 is 16.7 Å². The quantitative estimate of drug-likeness (QED) is 0.808. The third kappa shape index (κ3) is 2.33. The van der Waals surface area contributed by atoms with Crippen molar-refractivity contribution in [1.82, 2.24) is 0 Å². The molecule has 0 radical (unpaired) electrons. The molecule has 0 unspecified atom stereocenters. The van der Waals surface area contributed by atoms with E-state index in [1.54, 1.807) is 0 Å². The van der Waals surface area contributed by atoms with E-state index >= 15 is 0 Å². The van der Waals surface area contributed by atoms with Crippen LogP contribution in [0.15, 0.2) is 30.3 Å². The SMILES string of the molecule is COC(=O)c1ccc2c(C(F)(F)F)c(O)ccc2c1. The van der Waals surface area contributed by atoms with Gasteiger partial charge in [-0.1, -0.05) is 12.1 Å². The maximum absolute atomic E-state index is 12.9. The van der Waals surface area contributed by atoms with Crippen LogP contribution in [-0.2, 0) is 10.9 Å². The summed E-state index contributed by atoms with van der Waals surface area (Å²) in [6.07, 6.45) is -4.67. The molecular formula is C13H9F3O3. The van der Waals surface area contributed by atoms with E-state index in [1.807, 2.05) is 0 Å². The van der Waals surface area contributed by atoms with Gasteiger partial charge in [-0.3, -0.25) is 0 Å². The predicted octanol–water partition coefficient (Wildman–Crippen LogP) is 3.35. The lowest BCUT2D eigenvalue weighted by Crippen LogP contribution is -2.07. The summed E-state index contributed by atoms with van der Waals surface area (Å²) in [5, 5.41) is 9.39. The van der Waals surface area contributed by atoms with E-state index in [2.05, 4.69) is 4.74 Å². The number of rotatable bonds is 1. The van der Waals surface area contributed by atoms with Crippen LogP contribution in [0.5, 0.6) is 5.75 Å². The molecule has 0 saturated carbocycles. The van der Waals surface area contributed by atoms with Crippen molar-refractivity contribution in [3.63, 3.8) is 0 Å². The van der Waals surface area contributed by atoms with Crippen molar-refractivity contribution in [2.24, 2.45) is 0 Å². The Kier molecular flexibility index (Phi) is 3.09. The standard InChI is InChI=1S/C13H9F3O3/c1-19-12(18)8-2-4-9-7(6-8)3-5-10(17)11(9)13(14,15)16/h2-6,17H,1H3. The molecule has 19 heavy (non-hydrogen) atoms. The van der Waals surface area contributed by atoms with Gasteiger partial charge < -0.3 is 9.84 Å². The summed E-state index contributed by atoms with van der Waals surface area (Å²) in [5.41, 5.74) is -0.963. The average molecular weight is 270 g/mol. The lowest BCUT2D eigenvalue weighted by Gasteiger charge is -2.12. The largest absolute Gasteiger partial charge is 0.507 e. The van der Waals surface area contributed by atoms with Gasteiger partial charge in [0.05, 0.1) is 12.7 Å². The molecule has 0 amide bonds. The number of benzene rings is 2. The van der Waals surface area contributed by atoms with Crippen molar-refractivity contribution < 1.29 is 27.8 Å². The summed E-state index contributed by atoms with van der Waals surface area (Å²) < 4.78 is 43.1. The molecule has 2 aromatic carbocycles. The fraction of sp³-hybridized carbons (Fsp3) is 0.154. The molecule has 0 fully saturated rings. The number of fused-ring (bicyclic) bond motifs is 1. The topological polar surface area (TPSA) is 46.5 Å². The van der Waals surface area contributed by atoms with Crippen LogP contribution in [0.4, 0.5) is 13.2 Å². The average Bonchev–Trinajstić information content (AvgIpc) is 2.35. The van der Waals surface area contributed by atoms with E-state index in [4.69, 9.17) is 0 Å². The van der Waals surface area contributed by atoms with Gasteiger partial charge in [-0.15, -0.1) is 0 Å². The lowest BCUT2D eigenvalue weighted by molar-refractivity contribution is -0.137. The molecule has 0 heterocycles. The highest BCUT2D eigenvalue weighted by atomic mass is 19.4. The first-order valence-corrected chi connectivity index (χ1v) is 5.26. The molecule has 0 spiro atoms. The number of hydrogen-bond acceptors (Lipinski definition) is 3. The number of hydrogen-bond donors (Lipinski definition) is 1. The zero-order valence-electron chi connectivity index (χ0n) is 9.78. The van der Waals surface area contributed by atoms with E-state index < -0.39 is 23.5 Å². The first-order valence-electron chi connectivity index (χ1n) is 5.26. The van der Waals surface area contributed by atoms with E-state index in [1.165, 1.54) is 25.3 Å². The maximum Gasteiger partial charge on any atom is 0.420 e. The van der Waals surface area contributed by atoms with E-state index in [0.29, 0.717) is 0 Å². The smallest absolute Gasteiger partial charge is 0.420 e. The Labute approximate surface area is 106 Å². The molecule has 0 atom stereocenters. The van der Waals surface area contributed by atoms with Crippen LogP contribution in [-0.4, -0.2) is 18.2 Å². The second-order valence-electron chi connectivity index (χ2n) is 3.88. The molecular weight excluding hydrogens is 261 g/mol. The predicted molar refractivity (Wildman–Crippen MR) is 62.0 cm³/mol. The number of ether oxygens (including phenoxy) is 1. The van der Waals surface area contributed by atoms with Crippen LogP contribution in [0, 0.1) is 0 Å². The van der Waals surface area contributed by atoms with E-state index in [0.717, 1.165) is 12.1 Å². The Hall–Kier alpha value is -2.24. The fourth-order valence-electron chi connectivity index (χ4n) is 1.86. The second-order valence-corrected chi connectivity index (χ2v) is 3.88. The highest BCUT2D eigenvalue weighted by Gasteiger charge is 2.35. The van der Waals surface area contributed by atoms with Crippen molar-refractivity contribution in [3.05, 3.63) is 41.5 Å². The second kappa shape index (κ2) is 4.46. The number of carbonyl (C=O) groups is 1. The number of halogens is 3. The van der Waals surface area contributed by atoms with Gasteiger partial charge in [0.1, 0.15) is 11.3 Å². The minimum absolute atomic E-state index is 0.147. The number of alkyl halides is 3. The van der Waals surface area contributed by atoms with Crippen molar-refractivity contribution in [2.75, 3.05) is 7.11 Å². The van der Waals surface area contributed by atoms with E-state index in [9.17, 15) is 23.1 Å². The zero-order chi connectivity index (χ0) is 14.2.